The molecule has 3 rings (SSSR count). The summed E-state index contributed by atoms with van der Waals surface area (Å²) in [6, 6.07) is 12.4. The second-order valence-electron chi connectivity index (χ2n) is 6.89. The van der Waals surface area contributed by atoms with E-state index in [-0.39, 0.29) is 17.4 Å². The fourth-order valence-corrected chi connectivity index (χ4v) is 3.41. The lowest BCUT2D eigenvalue weighted by atomic mass is 9.96. The summed E-state index contributed by atoms with van der Waals surface area (Å²) in [6.45, 7) is 1.29. The molecule has 0 atom stereocenters. The number of nitrogens with one attached hydrogen (secondary N) is 2. The van der Waals surface area contributed by atoms with Gasteiger partial charge in [0.05, 0.1) is 5.56 Å². The van der Waals surface area contributed by atoms with Crippen LogP contribution in [0.5, 0.6) is 0 Å². The van der Waals surface area contributed by atoms with Gasteiger partial charge >= 0.3 is 11.8 Å². The molecular weight excluding hydrogens is 397 g/mol. The van der Waals surface area contributed by atoms with E-state index in [0.717, 1.165) is 0 Å². The van der Waals surface area contributed by atoms with Gasteiger partial charge in [-0.3, -0.25) is 14.4 Å². The Hall–Kier alpha value is -2.93. The van der Waals surface area contributed by atoms with E-state index < -0.39 is 17.6 Å². The quantitative estimate of drug-likeness (QED) is 0.750. The van der Waals surface area contributed by atoms with E-state index in [9.17, 15) is 18.8 Å². The fourth-order valence-electron chi connectivity index (χ4n) is 3.22. The number of anilines is 1. The first-order valence-corrected chi connectivity index (χ1v) is 9.70. The SMILES string of the molecule is O=C(NCC1CCN(C(=O)c2ccccc2F)CC1)C(=O)Nc1cccc(Cl)c1. The molecule has 8 heteroatoms. The molecule has 2 N–H and O–H groups in total. The number of hydrogen-bond acceptors (Lipinski definition) is 3. The van der Waals surface area contributed by atoms with Gasteiger partial charge < -0.3 is 15.5 Å². The molecule has 0 bridgehead atoms. The Balaban J connectivity index is 1.43. The number of piperidine rings is 1. The van der Waals surface area contributed by atoms with E-state index in [1.165, 1.54) is 12.1 Å². The maximum atomic E-state index is 13.8. The highest BCUT2D eigenvalue weighted by atomic mass is 35.5. The van der Waals surface area contributed by atoms with E-state index in [1.807, 2.05) is 0 Å². The van der Waals surface area contributed by atoms with Crippen LogP contribution in [0.3, 0.4) is 0 Å². The molecule has 1 fully saturated rings. The summed E-state index contributed by atoms with van der Waals surface area (Å²) in [6.07, 6.45) is 1.33. The summed E-state index contributed by atoms with van der Waals surface area (Å²) in [7, 11) is 0. The van der Waals surface area contributed by atoms with Crippen LogP contribution < -0.4 is 10.6 Å². The predicted octanol–water partition coefficient (Wildman–Crippen LogP) is 3.09. The van der Waals surface area contributed by atoms with Gasteiger partial charge in [0.2, 0.25) is 0 Å². The number of carbonyl (C=O) groups excluding carboxylic acids is 3. The lowest BCUT2D eigenvalue weighted by Crippen LogP contribution is -2.43. The Morgan fingerprint density at radius 2 is 1.76 bits per heavy atom. The Bertz CT molecular complexity index is 914. The number of amides is 3. The van der Waals surface area contributed by atoms with Crippen molar-refractivity contribution in [3.05, 3.63) is 64.9 Å². The normalized spacial score (nSPS) is 14.3. The monoisotopic (exact) mass is 417 g/mol. The molecule has 3 amide bonds. The van der Waals surface area contributed by atoms with E-state index in [2.05, 4.69) is 10.6 Å². The molecule has 1 saturated heterocycles. The van der Waals surface area contributed by atoms with Crippen LogP contribution in [0.15, 0.2) is 48.5 Å². The summed E-state index contributed by atoms with van der Waals surface area (Å²) in [4.78, 5) is 38.0. The molecule has 29 heavy (non-hydrogen) atoms. The first-order chi connectivity index (χ1) is 13.9. The van der Waals surface area contributed by atoms with Crippen molar-refractivity contribution in [1.29, 1.82) is 0 Å². The molecule has 0 spiro atoms. The highest BCUT2D eigenvalue weighted by molar-refractivity contribution is 6.39. The molecule has 1 aliphatic rings. The van der Waals surface area contributed by atoms with Crippen molar-refractivity contribution < 1.29 is 18.8 Å². The smallest absolute Gasteiger partial charge is 0.313 e. The summed E-state index contributed by atoms with van der Waals surface area (Å²) in [5, 5.41) is 5.57. The summed E-state index contributed by atoms with van der Waals surface area (Å²) >= 11 is 5.85. The Kier molecular flexibility index (Phi) is 6.82. The zero-order valence-electron chi connectivity index (χ0n) is 15.7. The summed E-state index contributed by atoms with van der Waals surface area (Å²) < 4.78 is 13.8. The van der Waals surface area contributed by atoms with Crippen molar-refractivity contribution in [3.63, 3.8) is 0 Å². The molecule has 0 radical (unpaired) electrons. The molecule has 0 aromatic heterocycles. The van der Waals surface area contributed by atoms with Gasteiger partial charge in [-0.15, -0.1) is 0 Å². The van der Waals surface area contributed by atoms with Gasteiger partial charge in [0, 0.05) is 30.3 Å². The molecule has 1 heterocycles. The topological polar surface area (TPSA) is 78.5 Å². The third-order valence-corrected chi connectivity index (χ3v) is 5.08. The van der Waals surface area contributed by atoms with Crippen LogP contribution in [0.25, 0.3) is 0 Å². The van der Waals surface area contributed by atoms with Crippen LogP contribution >= 0.6 is 11.6 Å². The molecule has 2 aromatic rings. The first-order valence-electron chi connectivity index (χ1n) is 9.32. The van der Waals surface area contributed by atoms with Crippen LogP contribution in [0.4, 0.5) is 10.1 Å². The number of halogens is 2. The zero-order chi connectivity index (χ0) is 20.8. The lowest BCUT2D eigenvalue weighted by Gasteiger charge is -2.32. The van der Waals surface area contributed by atoms with E-state index in [0.29, 0.717) is 43.2 Å². The van der Waals surface area contributed by atoms with Gasteiger partial charge in [-0.1, -0.05) is 29.8 Å². The second kappa shape index (κ2) is 9.52. The number of likely N-dealkylation sites (tertiary alicyclic amines) is 1. The van der Waals surface area contributed by atoms with E-state index in [4.69, 9.17) is 11.6 Å². The average molecular weight is 418 g/mol. The van der Waals surface area contributed by atoms with Gasteiger partial charge in [0.1, 0.15) is 5.82 Å². The van der Waals surface area contributed by atoms with Crippen molar-refractivity contribution in [3.8, 4) is 0 Å². The Morgan fingerprint density at radius 3 is 2.45 bits per heavy atom. The average Bonchev–Trinajstić information content (AvgIpc) is 2.72. The molecular formula is C21H21ClFN3O3. The van der Waals surface area contributed by atoms with Gasteiger partial charge in [-0.2, -0.15) is 0 Å². The summed E-state index contributed by atoms with van der Waals surface area (Å²) in [5.41, 5.74) is 0.509. The molecule has 0 aliphatic carbocycles. The standard InChI is InChI=1S/C21H21ClFN3O3/c22-15-4-3-5-16(12-15)25-20(28)19(27)24-13-14-8-10-26(11-9-14)21(29)17-6-1-2-7-18(17)23/h1-7,12,14H,8-11,13H2,(H,24,27)(H,25,28). The largest absolute Gasteiger partial charge is 0.348 e. The molecule has 2 aromatic carbocycles. The van der Waals surface area contributed by atoms with Crippen LogP contribution in [-0.4, -0.2) is 42.3 Å². The fraction of sp³-hybridized carbons (Fsp3) is 0.286. The minimum Gasteiger partial charge on any atom is -0.348 e. The molecule has 1 aliphatic heterocycles. The van der Waals surface area contributed by atoms with Crippen molar-refractivity contribution >= 4 is 35.0 Å². The number of benzene rings is 2. The maximum absolute atomic E-state index is 13.8. The third-order valence-electron chi connectivity index (χ3n) is 4.85. The third kappa shape index (κ3) is 5.54. The number of carbonyl (C=O) groups is 3. The van der Waals surface area contributed by atoms with Crippen LogP contribution in [-0.2, 0) is 9.59 Å². The highest BCUT2D eigenvalue weighted by Crippen LogP contribution is 2.20. The molecule has 152 valence electrons. The predicted molar refractivity (Wildman–Crippen MR) is 108 cm³/mol. The number of hydrogen-bond donors (Lipinski definition) is 2. The van der Waals surface area contributed by atoms with Crippen molar-refractivity contribution in [1.82, 2.24) is 10.2 Å². The molecule has 6 nitrogen and oxygen atoms in total. The van der Waals surface area contributed by atoms with Gasteiger partial charge in [0.15, 0.2) is 0 Å². The Labute approximate surface area is 173 Å². The molecule has 0 saturated carbocycles. The van der Waals surface area contributed by atoms with E-state index in [1.54, 1.807) is 41.3 Å². The van der Waals surface area contributed by atoms with Crippen LogP contribution in [0.1, 0.15) is 23.2 Å². The van der Waals surface area contributed by atoms with Gasteiger partial charge in [-0.25, -0.2) is 4.39 Å². The number of rotatable bonds is 4. The van der Waals surface area contributed by atoms with Crippen molar-refractivity contribution in [2.45, 2.75) is 12.8 Å². The number of nitrogens with zero attached hydrogens (tertiary/aromatic N) is 1. The minimum absolute atomic E-state index is 0.0666. The van der Waals surface area contributed by atoms with E-state index >= 15 is 0 Å². The lowest BCUT2D eigenvalue weighted by molar-refractivity contribution is -0.136. The molecule has 0 unspecified atom stereocenters. The van der Waals surface area contributed by atoms with Crippen molar-refractivity contribution in [2.24, 2.45) is 5.92 Å². The van der Waals surface area contributed by atoms with Gasteiger partial charge in [-0.05, 0) is 49.1 Å². The van der Waals surface area contributed by atoms with Gasteiger partial charge in [0.25, 0.3) is 5.91 Å². The summed E-state index contributed by atoms with van der Waals surface area (Å²) in [5.74, 6) is -2.21. The Morgan fingerprint density at radius 1 is 1.03 bits per heavy atom. The van der Waals surface area contributed by atoms with Crippen LogP contribution in [0, 0.1) is 11.7 Å². The maximum Gasteiger partial charge on any atom is 0.313 e. The minimum atomic E-state index is -0.764. The van der Waals surface area contributed by atoms with Crippen molar-refractivity contribution in [2.75, 3.05) is 25.0 Å². The van der Waals surface area contributed by atoms with Crippen LogP contribution in [0.2, 0.25) is 5.02 Å². The highest BCUT2D eigenvalue weighted by Gasteiger charge is 2.26. The second-order valence-corrected chi connectivity index (χ2v) is 7.33. The first kappa shape index (κ1) is 20.8. The zero-order valence-corrected chi connectivity index (χ0v) is 16.4.